The van der Waals surface area contributed by atoms with E-state index in [2.05, 4.69) is 4.74 Å². The third-order valence-corrected chi connectivity index (χ3v) is 3.46. The Kier molecular flexibility index (Phi) is 4.06. The number of hydrogen-bond acceptors (Lipinski definition) is 5. The van der Waals surface area contributed by atoms with E-state index >= 15 is 0 Å². The maximum atomic E-state index is 11.2. The van der Waals surface area contributed by atoms with Gasteiger partial charge in [-0.1, -0.05) is 0 Å². The van der Waals surface area contributed by atoms with Gasteiger partial charge in [0.1, 0.15) is 0 Å². The van der Waals surface area contributed by atoms with E-state index < -0.39 is 22.1 Å². The van der Waals surface area contributed by atoms with Crippen LogP contribution in [-0.4, -0.2) is 57.9 Å². The molecule has 88 valence electrons. The van der Waals surface area contributed by atoms with Crippen LogP contribution in [0, 0.1) is 0 Å². The van der Waals surface area contributed by atoms with Gasteiger partial charge in [-0.25, -0.2) is 8.42 Å². The maximum absolute atomic E-state index is 11.2. The predicted molar refractivity (Wildman–Crippen MR) is 52.8 cm³/mol. The Balaban J connectivity index is 2.53. The lowest BCUT2D eigenvalue weighted by Gasteiger charge is -2.30. The summed E-state index contributed by atoms with van der Waals surface area (Å²) in [6.07, 6.45) is 0.830. The van der Waals surface area contributed by atoms with Crippen molar-refractivity contribution in [2.45, 2.75) is 12.5 Å². The van der Waals surface area contributed by atoms with E-state index in [0.717, 1.165) is 6.26 Å². The molecule has 7 heteroatoms. The van der Waals surface area contributed by atoms with Crippen LogP contribution >= 0.6 is 0 Å². The highest BCUT2D eigenvalue weighted by molar-refractivity contribution is 7.88. The van der Waals surface area contributed by atoms with Gasteiger partial charge in [-0.3, -0.25) is 4.79 Å². The number of esters is 1. The number of carbonyl (C=O) groups excluding carboxylic acids is 1. The molecule has 0 radical (unpaired) electrons. The summed E-state index contributed by atoms with van der Waals surface area (Å²) in [7, 11) is -1.91. The van der Waals surface area contributed by atoms with Gasteiger partial charge in [0, 0.05) is 13.1 Å². The summed E-state index contributed by atoms with van der Waals surface area (Å²) in [4.78, 5) is 11.0. The molecule has 0 aromatic carbocycles. The molecule has 0 bridgehead atoms. The first-order valence-corrected chi connectivity index (χ1v) is 6.42. The average molecular weight is 237 g/mol. The van der Waals surface area contributed by atoms with Crippen molar-refractivity contribution in [1.82, 2.24) is 4.31 Å². The molecule has 1 aliphatic heterocycles. The van der Waals surface area contributed by atoms with Crippen LogP contribution < -0.4 is 0 Å². The maximum Gasteiger partial charge on any atom is 0.308 e. The highest BCUT2D eigenvalue weighted by atomic mass is 32.2. The smallest absolute Gasteiger partial charge is 0.308 e. The molecule has 1 saturated heterocycles. The van der Waals surface area contributed by atoms with Crippen molar-refractivity contribution >= 4 is 16.0 Å². The molecule has 0 aromatic rings. The van der Waals surface area contributed by atoms with E-state index in [1.165, 1.54) is 11.4 Å². The number of rotatable bonds is 3. The molecule has 1 unspecified atom stereocenters. The monoisotopic (exact) mass is 237 g/mol. The van der Waals surface area contributed by atoms with Crippen molar-refractivity contribution in [3.63, 3.8) is 0 Å². The number of methoxy groups -OCH3 is 1. The molecule has 15 heavy (non-hydrogen) atoms. The van der Waals surface area contributed by atoms with Crippen LogP contribution in [0.5, 0.6) is 0 Å². The predicted octanol–water partition coefficient (Wildman–Crippen LogP) is -0.790. The minimum atomic E-state index is -3.20. The zero-order valence-electron chi connectivity index (χ0n) is 8.80. The summed E-state index contributed by atoms with van der Waals surface area (Å²) in [6, 6.07) is 0. The quantitative estimate of drug-likeness (QED) is 0.601. The molecule has 0 saturated carbocycles. The summed E-state index contributed by atoms with van der Waals surface area (Å²) in [5.74, 6) is -0.393. The van der Waals surface area contributed by atoms with E-state index in [9.17, 15) is 13.2 Å². The number of morpholine rings is 1. The Morgan fingerprint density at radius 3 is 2.80 bits per heavy atom. The van der Waals surface area contributed by atoms with Crippen molar-refractivity contribution in [3.05, 3.63) is 0 Å². The molecule has 1 heterocycles. The summed E-state index contributed by atoms with van der Waals surface area (Å²) in [5.41, 5.74) is 0. The third-order valence-electron chi connectivity index (χ3n) is 2.19. The normalized spacial score (nSPS) is 23.7. The first-order valence-electron chi connectivity index (χ1n) is 4.57. The van der Waals surface area contributed by atoms with Crippen LogP contribution in [0.4, 0.5) is 0 Å². The topological polar surface area (TPSA) is 72.9 Å². The SMILES string of the molecule is COC(=O)CC1CN(S(C)(=O)=O)CCO1. The summed E-state index contributed by atoms with van der Waals surface area (Å²) in [5, 5.41) is 0. The van der Waals surface area contributed by atoms with E-state index in [0.29, 0.717) is 13.2 Å². The second-order valence-corrected chi connectivity index (χ2v) is 5.38. The number of nitrogens with zero attached hydrogens (tertiary/aromatic N) is 1. The molecule has 1 rings (SSSR count). The molecule has 0 amide bonds. The van der Waals surface area contributed by atoms with Crippen LogP contribution in [-0.2, 0) is 24.3 Å². The second-order valence-electron chi connectivity index (χ2n) is 3.39. The van der Waals surface area contributed by atoms with Gasteiger partial charge in [-0.05, 0) is 0 Å². The van der Waals surface area contributed by atoms with Crippen molar-refractivity contribution in [1.29, 1.82) is 0 Å². The lowest BCUT2D eigenvalue weighted by atomic mass is 10.2. The molecule has 0 aliphatic carbocycles. The van der Waals surface area contributed by atoms with Crippen molar-refractivity contribution < 1.29 is 22.7 Å². The van der Waals surface area contributed by atoms with Gasteiger partial charge >= 0.3 is 5.97 Å². The standard InChI is InChI=1S/C8H15NO5S/c1-13-8(10)5-7-6-9(3-4-14-7)15(2,11)12/h7H,3-6H2,1-2H3. The van der Waals surface area contributed by atoms with Crippen LogP contribution in [0.1, 0.15) is 6.42 Å². The summed E-state index contributed by atoms with van der Waals surface area (Å²) in [6.45, 7) is 0.874. The van der Waals surface area contributed by atoms with E-state index in [1.54, 1.807) is 0 Å². The highest BCUT2D eigenvalue weighted by Gasteiger charge is 2.28. The third kappa shape index (κ3) is 3.77. The van der Waals surface area contributed by atoms with Crippen molar-refractivity contribution in [3.8, 4) is 0 Å². The lowest BCUT2D eigenvalue weighted by molar-refractivity contribution is -0.145. The molecule has 0 N–H and O–H groups in total. The van der Waals surface area contributed by atoms with E-state index in [1.807, 2.05) is 0 Å². The molecule has 0 aromatic heterocycles. The van der Waals surface area contributed by atoms with Crippen LogP contribution in [0.2, 0.25) is 0 Å². The Morgan fingerprint density at radius 2 is 2.27 bits per heavy atom. The van der Waals surface area contributed by atoms with Gasteiger partial charge in [0.2, 0.25) is 10.0 Å². The van der Waals surface area contributed by atoms with Gasteiger partial charge in [-0.2, -0.15) is 4.31 Å². The summed E-state index contributed by atoms with van der Waals surface area (Å²) < 4.78 is 33.5. The number of hydrogen-bond donors (Lipinski definition) is 0. The number of ether oxygens (including phenoxy) is 2. The Labute approximate surface area is 89.2 Å². The van der Waals surface area contributed by atoms with Crippen LogP contribution in [0.15, 0.2) is 0 Å². The van der Waals surface area contributed by atoms with Gasteiger partial charge in [0.15, 0.2) is 0 Å². The molecule has 0 spiro atoms. The fourth-order valence-electron chi connectivity index (χ4n) is 1.39. The van der Waals surface area contributed by atoms with Crippen LogP contribution in [0.3, 0.4) is 0 Å². The minimum Gasteiger partial charge on any atom is -0.469 e. The lowest BCUT2D eigenvalue weighted by Crippen LogP contribution is -2.45. The van der Waals surface area contributed by atoms with Gasteiger partial charge < -0.3 is 9.47 Å². The Hall–Kier alpha value is -0.660. The molecular weight excluding hydrogens is 222 g/mol. The van der Waals surface area contributed by atoms with E-state index in [-0.39, 0.29) is 13.0 Å². The molecular formula is C8H15NO5S. The highest BCUT2D eigenvalue weighted by Crippen LogP contribution is 2.11. The first kappa shape index (κ1) is 12.4. The molecule has 1 aliphatic rings. The van der Waals surface area contributed by atoms with Gasteiger partial charge in [0.05, 0.1) is 32.5 Å². The molecule has 6 nitrogen and oxygen atoms in total. The second kappa shape index (κ2) is 4.91. The Bertz CT molecular complexity index is 326. The summed E-state index contributed by atoms with van der Waals surface area (Å²) >= 11 is 0. The van der Waals surface area contributed by atoms with Gasteiger partial charge in [0.25, 0.3) is 0 Å². The molecule has 1 fully saturated rings. The zero-order chi connectivity index (χ0) is 11.5. The first-order chi connectivity index (χ1) is 6.93. The fraction of sp³-hybridized carbons (Fsp3) is 0.875. The Morgan fingerprint density at radius 1 is 1.60 bits per heavy atom. The largest absolute Gasteiger partial charge is 0.469 e. The van der Waals surface area contributed by atoms with Gasteiger partial charge in [-0.15, -0.1) is 0 Å². The van der Waals surface area contributed by atoms with Crippen LogP contribution in [0.25, 0.3) is 0 Å². The minimum absolute atomic E-state index is 0.0858. The van der Waals surface area contributed by atoms with E-state index in [4.69, 9.17) is 4.74 Å². The fourth-order valence-corrected chi connectivity index (χ4v) is 2.23. The van der Waals surface area contributed by atoms with Crippen molar-refractivity contribution in [2.24, 2.45) is 0 Å². The average Bonchev–Trinajstić information content (AvgIpc) is 2.17. The number of carbonyl (C=O) groups is 1. The zero-order valence-corrected chi connectivity index (χ0v) is 9.62. The number of sulfonamides is 1. The van der Waals surface area contributed by atoms with Crippen molar-refractivity contribution in [2.75, 3.05) is 33.1 Å². The molecule has 1 atom stereocenters.